The second-order valence-electron chi connectivity index (χ2n) is 10.2. The molecule has 2 aliphatic carbocycles. The van der Waals surface area contributed by atoms with Crippen molar-refractivity contribution in [3.8, 4) is 17.2 Å². The lowest BCUT2D eigenvalue weighted by Gasteiger charge is -2.42. The number of rotatable bonds is 5. The van der Waals surface area contributed by atoms with Crippen molar-refractivity contribution in [2.45, 2.75) is 62.4 Å². The van der Waals surface area contributed by atoms with Crippen LogP contribution in [0.5, 0.6) is 17.2 Å². The van der Waals surface area contributed by atoms with Crippen LogP contribution < -0.4 is 10.5 Å². The largest absolute Gasteiger partial charge is 0.507 e. The van der Waals surface area contributed by atoms with Gasteiger partial charge in [0.05, 0.1) is 42.1 Å². The molecule has 208 valence electrons. The SMILES string of the molecule is COc1cccc2c1C(=O)c1c(O)c3c(c(O)c1C2=O)C[C@@](O)(C(=O)CO)C[C@@H]3OC1CC(N)[C@@H](O)[C@@H](C)O1. The van der Waals surface area contributed by atoms with E-state index >= 15 is 0 Å². The molecule has 12 heteroatoms. The van der Waals surface area contributed by atoms with E-state index in [0.29, 0.717) is 0 Å². The van der Waals surface area contributed by atoms with Gasteiger partial charge in [-0.1, -0.05) is 12.1 Å². The molecule has 2 aromatic rings. The van der Waals surface area contributed by atoms with Gasteiger partial charge in [-0.15, -0.1) is 0 Å². The second-order valence-corrected chi connectivity index (χ2v) is 10.2. The third kappa shape index (κ3) is 4.11. The number of nitrogens with two attached hydrogens (primary N) is 1. The highest BCUT2D eigenvalue weighted by atomic mass is 16.7. The van der Waals surface area contributed by atoms with Gasteiger partial charge in [0, 0.05) is 42.0 Å². The lowest BCUT2D eigenvalue weighted by Crippen LogP contribution is -2.53. The molecule has 1 fully saturated rings. The summed E-state index contributed by atoms with van der Waals surface area (Å²) < 4.78 is 17.0. The van der Waals surface area contributed by atoms with Crippen molar-refractivity contribution in [2.75, 3.05) is 13.7 Å². The monoisotopic (exact) mass is 543 g/mol. The van der Waals surface area contributed by atoms with Crippen LogP contribution in [-0.4, -0.2) is 86.7 Å². The maximum Gasteiger partial charge on any atom is 0.202 e. The van der Waals surface area contributed by atoms with Crippen LogP contribution in [0.3, 0.4) is 0 Å². The normalized spacial score (nSPS) is 29.8. The highest BCUT2D eigenvalue weighted by Crippen LogP contribution is 2.52. The van der Waals surface area contributed by atoms with Crippen LogP contribution in [0.25, 0.3) is 0 Å². The van der Waals surface area contributed by atoms with Gasteiger partial charge in [0.1, 0.15) is 29.5 Å². The zero-order chi connectivity index (χ0) is 28.4. The number of aromatic hydroxyl groups is 2. The second kappa shape index (κ2) is 9.66. The molecule has 0 spiro atoms. The molecule has 2 aromatic carbocycles. The summed E-state index contributed by atoms with van der Waals surface area (Å²) in [6.45, 7) is 0.560. The predicted octanol–water partition coefficient (Wildman–Crippen LogP) is 0.00130. The van der Waals surface area contributed by atoms with E-state index in [1.54, 1.807) is 6.92 Å². The number of carbonyl (C=O) groups excluding carboxylic acids is 3. The van der Waals surface area contributed by atoms with Gasteiger partial charge in [-0.25, -0.2) is 0 Å². The van der Waals surface area contributed by atoms with Gasteiger partial charge in [-0.3, -0.25) is 14.4 Å². The Morgan fingerprint density at radius 1 is 1.15 bits per heavy atom. The Balaban J connectivity index is 1.69. The van der Waals surface area contributed by atoms with Crippen LogP contribution in [0.15, 0.2) is 18.2 Å². The first-order chi connectivity index (χ1) is 18.4. The first kappa shape index (κ1) is 27.2. The Hall–Kier alpha value is -3.39. The minimum absolute atomic E-state index is 0.0173. The van der Waals surface area contributed by atoms with Gasteiger partial charge in [0.15, 0.2) is 17.9 Å². The van der Waals surface area contributed by atoms with E-state index in [-0.39, 0.29) is 34.4 Å². The lowest BCUT2D eigenvalue weighted by atomic mass is 9.72. The molecule has 3 aliphatic rings. The molecule has 0 aromatic heterocycles. The number of ketones is 3. The fourth-order valence-corrected chi connectivity index (χ4v) is 5.75. The van der Waals surface area contributed by atoms with E-state index in [0.717, 1.165) is 0 Å². The average Bonchev–Trinajstić information content (AvgIpc) is 2.90. The molecule has 5 rings (SSSR count). The number of hydrogen-bond acceptors (Lipinski definition) is 12. The summed E-state index contributed by atoms with van der Waals surface area (Å²) in [5, 5.41) is 53.7. The average molecular weight is 544 g/mol. The van der Waals surface area contributed by atoms with Crippen molar-refractivity contribution in [3.63, 3.8) is 0 Å². The topological polar surface area (TPSA) is 206 Å². The number of aliphatic hydroxyl groups excluding tert-OH is 2. The summed E-state index contributed by atoms with van der Waals surface area (Å²) >= 11 is 0. The summed E-state index contributed by atoms with van der Waals surface area (Å²) in [6, 6.07) is 3.64. The van der Waals surface area contributed by atoms with Crippen molar-refractivity contribution in [1.29, 1.82) is 0 Å². The van der Waals surface area contributed by atoms with Crippen molar-refractivity contribution < 1.29 is 54.1 Å². The summed E-state index contributed by atoms with van der Waals surface area (Å²) in [5.41, 5.74) is 2.37. The molecule has 0 amide bonds. The van der Waals surface area contributed by atoms with Crippen molar-refractivity contribution in [2.24, 2.45) is 5.73 Å². The van der Waals surface area contributed by atoms with Crippen LogP contribution in [0.4, 0.5) is 0 Å². The number of methoxy groups -OCH3 is 1. The Kier molecular flexibility index (Phi) is 6.74. The van der Waals surface area contributed by atoms with E-state index in [1.807, 2.05) is 0 Å². The van der Waals surface area contributed by atoms with Crippen LogP contribution in [-0.2, 0) is 20.7 Å². The number of phenols is 2. The number of aliphatic hydroxyl groups is 3. The summed E-state index contributed by atoms with van der Waals surface area (Å²) in [7, 11) is 1.32. The highest BCUT2D eigenvalue weighted by Gasteiger charge is 2.50. The van der Waals surface area contributed by atoms with Gasteiger partial charge in [0.25, 0.3) is 0 Å². The summed E-state index contributed by atoms with van der Waals surface area (Å²) in [4.78, 5) is 39.7. The lowest BCUT2D eigenvalue weighted by molar-refractivity contribution is -0.247. The predicted molar refractivity (Wildman–Crippen MR) is 132 cm³/mol. The zero-order valence-corrected chi connectivity index (χ0v) is 21.2. The highest BCUT2D eigenvalue weighted by molar-refractivity contribution is 6.31. The molecule has 39 heavy (non-hydrogen) atoms. The van der Waals surface area contributed by atoms with Gasteiger partial charge in [0.2, 0.25) is 5.78 Å². The smallest absolute Gasteiger partial charge is 0.202 e. The third-order valence-electron chi connectivity index (χ3n) is 7.81. The number of hydrogen-bond donors (Lipinski definition) is 6. The molecule has 2 unspecified atom stereocenters. The number of Topliss-reactive ketones (excluding diaryl/α,β-unsaturated/α-hetero) is 1. The molecule has 1 aliphatic heterocycles. The molecule has 1 saturated heterocycles. The van der Waals surface area contributed by atoms with Crippen molar-refractivity contribution in [1.82, 2.24) is 0 Å². The fraction of sp³-hybridized carbons (Fsp3) is 0.444. The number of fused-ring (bicyclic) bond motifs is 3. The standard InChI is InChI=1S/C27H29NO11/c1-10-22(31)13(28)6-17(38-10)39-15-8-27(36,16(30)9-29)7-12-19(15)26(35)21-20(24(12)33)23(32)11-4-3-5-14(37-2)18(11)25(21)34/h3-5,10,13,15,17,22,29,31,33,35-36H,6-9,28H2,1-2H3/t10-,13?,15+,17?,22+,27+/m1/s1. The van der Waals surface area contributed by atoms with Crippen LogP contribution in [0.2, 0.25) is 0 Å². The molecule has 1 heterocycles. The Morgan fingerprint density at radius 3 is 2.49 bits per heavy atom. The number of carbonyl (C=O) groups is 3. The van der Waals surface area contributed by atoms with E-state index < -0.39 is 95.7 Å². The van der Waals surface area contributed by atoms with E-state index in [1.165, 1.54) is 25.3 Å². The first-order valence-corrected chi connectivity index (χ1v) is 12.4. The van der Waals surface area contributed by atoms with Gasteiger partial charge < -0.3 is 45.5 Å². The Bertz CT molecular complexity index is 1380. The summed E-state index contributed by atoms with van der Waals surface area (Å²) in [5.74, 6) is -3.77. The Morgan fingerprint density at radius 2 is 1.85 bits per heavy atom. The van der Waals surface area contributed by atoms with Crippen molar-refractivity contribution >= 4 is 17.3 Å². The summed E-state index contributed by atoms with van der Waals surface area (Å²) in [6.07, 6.45) is -5.12. The van der Waals surface area contributed by atoms with Crippen LogP contribution in [0, 0.1) is 0 Å². The number of benzene rings is 2. The molecular formula is C27H29NO11. The molecule has 12 nitrogen and oxygen atoms in total. The van der Waals surface area contributed by atoms with Crippen LogP contribution in [0.1, 0.15) is 68.8 Å². The molecule has 0 saturated carbocycles. The quantitative estimate of drug-likeness (QED) is 0.235. The molecular weight excluding hydrogens is 514 g/mol. The minimum Gasteiger partial charge on any atom is -0.507 e. The van der Waals surface area contributed by atoms with Crippen molar-refractivity contribution in [3.05, 3.63) is 51.6 Å². The van der Waals surface area contributed by atoms with E-state index in [9.17, 15) is 39.9 Å². The maximum atomic E-state index is 13.6. The zero-order valence-electron chi connectivity index (χ0n) is 21.2. The first-order valence-electron chi connectivity index (χ1n) is 12.4. The van der Waals surface area contributed by atoms with E-state index in [2.05, 4.69) is 0 Å². The number of phenolic OH excluding ortho intramolecular Hbond substituents is 2. The van der Waals surface area contributed by atoms with Gasteiger partial charge in [-0.05, 0) is 13.0 Å². The molecule has 0 bridgehead atoms. The minimum atomic E-state index is -2.24. The van der Waals surface area contributed by atoms with Crippen LogP contribution >= 0.6 is 0 Å². The van der Waals surface area contributed by atoms with Gasteiger partial charge >= 0.3 is 0 Å². The van der Waals surface area contributed by atoms with Gasteiger partial charge in [-0.2, -0.15) is 0 Å². The molecule has 0 radical (unpaired) electrons. The Labute approximate surface area is 222 Å². The number of ether oxygens (including phenoxy) is 3. The fourth-order valence-electron chi connectivity index (χ4n) is 5.75. The van der Waals surface area contributed by atoms with E-state index in [4.69, 9.17) is 19.9 Å². The maximum absolute atomic E-state index is 13.6. The third-order valence-corrected chi connectivity index (χ3v) is 7.81. The molecule has 6 atom stereocenters. The molecule has 7 N–H and O–H groups in total.